The van der Waals surface area contributed by atoms with Crippen LogP contribution in [0.25, 0.3) is 0 Å². The average Bonchev–Trinajstić information content (AvgIpc) is 2.85. The van der Waals surface area contributed by atoms with E-state index in [9.17, 15) is 8.42 Å². The van der Waals surface area contributed by atoms with E-state index < -0.39 is 10.0 Å². The third-order valence-electron chi connectivity index (χ3n) is 3.12. The Morgan fingerprint density at radius 2 is 2.24 bits per heavy atom. The van der Waals surface area contributed by atoms with Gasteiger partial charge in [-0.15, -0.1) is 11.3 Å². The first-order valence-corrected chi connectivity index (χ1v) is 7.97. The van der Waals surface area contributed by atoms with Gasteiger partial charge >= 0.3 is 0 Å². The van der Waals surface area contributed by atoms with Crippen LogP contribution in [-0.4, -0.2) is 30.4 Å². The molecule has 6 heteroatoms. The first kappa shape index (κ1) is 13.0. The van der Waals surface area contributed by atoms with E-state index in [1.165, 1.54) is 11.3 Å². The van der Waals surface area contributed by atoms with Crippen molar-refractivity contribution in [1.29, 1.82) is 0 Å². The SMILES string of the molecule is CC1CC(C)N(S(=O)(=O)c2csc(CO)c2)C1. The van der Waals surface area contributed by atoms with E-state index in [1.807, 2.05) is 6.92 Å². The Balaban J connectivity index is 2.30. The minimum atomic E-state index is -3.38. The number of hydrogen-bond acceptors (Lipinski definition) is 4. The zero-order chi connectivity index (χ0) is 12.6. The van der Waals surface area contributed by atoms with Gasteiger partial charge in [-0.2, -0.15) is 4.31 Å². The lowest BCUT2D eigenvalue weighted by atomic mass is 10.1. The van der Waals surface area contributed by atoms with E-state index in [1.54, 1.807) is 15.8 Å². The van der Waals surface area contributed by atoms with Gasteiger partial charge < -0.3 is 5.11 Å². The molecule has 17 heavy (non-hydrogen) atoms. The Kier molecular flexibility index (Phi) is 3.58. The topological polar surface area (TPSA) is 57.6 Å². The molecule has 1 saturated heterocycles. The molecule has 1 N–H and O–H groups in total. The van der Waals surface area contributed by atoms with Crippen LogP contribution in [0.5, 0.6) is 0 Å². The van der Waals surface area contributed by atoms with Crippen molar-refractivity contribution in [3.8, 4) is 0 Å². The average molecular weight is 275 g/mol. The van der Waals surface area contributed by atoms with Crippen molar-refractivity contribution in [2.24, 2.45) is 5.92 Å². The minimum Gasteiger partial charge on any atom is -0.391 e. The smallest absolute Gasteiger partial charge is 0.244 e. The third kappa shape index (κ3) is 2.40. The Morgan fingerprint density at radius 1 is 1.53 bits per heavy atom. The van der Waals surface area contributed by atoms with E-state index in [0.29, 0.717) is 22.2 Å². The molecule has 2 rings (SSSR count). The van der Waals surface area contributed by atoms with E-state index in [4.69, 9.17) is 5.11 Å². The first-order chi connectivity index (χ1) is 7.95. The fraction of sp³-hybridized carbons (Fsp3) is 0.636. The fourth-order valence-electron chi connectivity index (χ4n) is 2.31. The van der Waals surface area contributed by atoms with Gasteiger partial charge in [-0.05, 0) is 25.3 Å². The molecule has 0 radical (unpaired) electrons. The number of nitrogens with zero attached hydrogens (tertiary/aromatic N) is 1. The number of sulfonamides is 1. The highest BCUT2D eigenvalue weighted by atomic mass is 32.2. The maximum atomic E-state index is 12.4. The maximum absolute atomic E-state index is 12.4. The zero-order valence-electron chi connectivity index (χ0n) is 9.96. The summed E-state index contributed by atoms with van der Waals surface area (Å²) in [6.45, 7) is 4.50. The summed E-state index contributed by atoms with van der Waals surface area (Å²) >= 11 is 1.28. The highest BCUT2D eigenvalue weighted by Crippen LogP contribution is 2.30. The Labute approximate surface area is 106 Å². The normalized spacial score (nSPS) is 26.5. The Bertz CT molecular complexity index is 495. The molecule has 0 aromatic carbocycles. The lowest BCUT2D eigenvalue weighted by Crippen LogP contribution is -2.33. The van der Waals surface area contributed by atoms with Crippen molar-refractivity contribution in [2.75, 3.05) is 6.54 Å². The van der Waals surface area contributed by atoms with Crippen LogP contribution >= 0.6 is 11.3 Å². The molecule has 0 saturated carbocycles. The molecule has 2 heterocycles. The number of hydrogen-bond donors (Lipinski definition) is 1. The van der Waals surface area contributed by atoms with Gasteiger partial charge in [0.1, 0.15) is 0 Å². The van der Waals surface area contributed by atoms with E-state index in [0.717, 1.165) is 6.42 Å². The molecule has 1 aromatic heterocycles. The summed E-state index contributed by atoms with van der Waals surface area (Å²) in [7, 11) is -3.38. The van der Waals surface area contributed by atoms with Crippen LogP contribution in [0.15, 0.2) is 16.3 Å². The van der Waals surface area contributed by atoms with Gasteiger partial charge in [-0.3, -0.25) is 0 Å². The van der Waals surface area contributed by atoms with Gasteiger partial charge in [0, 0.05) is 22.8 Å². The lowest BCUT2D eigenvalue weighted by Gasteiger charge is -2.20. The molecule has 0 bridgehead atoms. The molecule has 4 nitrogen and oxygen atoms in total. The van der Waals surface area contributed by atoms with Crippen molar-refractivity contribution < 1.29 is 13.5 Å². The largest absolute Gasteiger partial charge is 0.391 e. The second kappa shape index (κ2) is 4.68. The van der Waals surface area contributed by atoms with Crippen molar-refractivity contribution in [3.05, 3.63) is 16.3 Å². The van der Waals surface area contributed by atoms with Crippen molar-refractivity contribution >= 4 is 21.4 Å². The van der Waals surface area contributed by atoms with E-state index >= 15 is 0 Å². The molecule has 2 unspecified atom stereocenters. The van der Waals surface area contributed by atoms with Crippen LogP contribution in [0.2, 0.25) is 0 Å². The molecule has 2 atom stereocenters. The van der Waals surface area contributed by atoms with Crippen LogP contribution in [-0.2, 0) is 16.6 Å². The van der Waals surface area contributed by atoms with Crippen molar-refractivity contribution in [1.82, 2.24) is 4.31 Å². The zero-order valence-corrected chi connectivity index (χ0v) is 11.6. The number of thiophene rings is 1. The molecular weight excluding hydrogens is 258 g/mol. The third-order valence-corrected chi connectivity index (χ3v) is 6.15. The molecule has 0 amide bonds. The van der Waals surface area contributed by atoms with E-state index in [2.05, 4.69) is 6.92 Å². The molecule has 0 aliphatic carbocycles. The number of aliphatic hydroxyl groups excluding tert-OH is 1. The van der Waals surface area contributed by atoms with Crippen molar-refractivity contribution in [2.45, 2.75) is 37.8 Å². The summed E-state index contributed by atoms with van der Waals surface area (Å²) in [6, 6.07) is 1.63. The van der Waals surface area contributed by atoms with Crippen LogP contribution in [0.1, 0.15) is 25.1 Å². The van der Waals surface area contributed by atoms with Gasteiger partial charge in [0.05, 0.1) is 11.5 Å². The summed E-state index contributed by atoms with van der Waals surface area (Å²) in [6.07, 6.45) is 0.913. The van der Waals surface area contributed by atoms with Crippen LogP contribution in [0.4, 0.5) is 0 Å². The summed E-state index contributed by atoms with van der Waals surface area (Å²) < 4.78 is 26.3. The summed E-state index contributed by atoms with van der Waals surface area (Å²) in [5.74, 6) is 0.413. The van der Waals surface area contributed by atoms with Gasteiger partial charge in [-0.1, -0.05) is 6.92 Å². The summed E-state index contributed by atoms with van der Waals surface area (Å²) in [4.78, 5) is 0.996. The molecule has 96 valence electrons. The molecule has 1 fully saturated rings. The fourth-order valence-corrected chi connectivity index (χ4v) is 5.19. The molecular formula is C11H17NO3S2. The predicted molar refractivity (Wildman–Crippen MR) is 67.4 cm³/mol. The van der Waals surface area contributed by atoms with Gasteiger partial charge in [-0.25, -0.2) is 8.42 Å². The number of aliphatic hydroxyl groups is 1. The first-order valence-electron chi connectivity index (χ1n) is 5.65. The lowest BCUT2D eigenvalue weighted by molar-refractivity contribution is 0.285. The highest BCUT2D eigenvalue weighted by molar-refractivity contribution is 7.89. The predicted octanol–water partition coefficient (Wildman–Crippen LogP) is 1.66. The van der Waals surface area contributed by atoms with Gasteiger partial charge in [0.15, 0.2) is 0 Å². The Morgan fingerprint density at radius 3 is 2.71 bits per heavy atom. The summed E-state index contributed by atoms with van der Waals surface area (Å²) in [5, 5.41) is 10.6. The quantitative estimate of drug-likeness (QED) is 0.912. The number of rotatable bonds is 3. The summed E-state index contributed by atoms with van der Waals surface area (Å²) in [5.41, 5.74) is 0. The second-order valence-corrected chi connectivity index (χ2v) is 7.56. The molecule has 0 spiro atoms. The van der Waals surface area contributed by atoms with Crippen LogP contribution in [0.3, 0.4) is 0 Å². The van der Waals surface area contributed by atoms with Gasteiger partial charge in [0.2, 0.25) is 10.0 Å². The standard InChI is InChI=1S/C11H17NO3S2/c1-8-3-9(2)12(5-8)17(14,15)11-4-10(6-13)16-7-11/h4,7-9,13H,3,5-6H2,1-2H3. The van der Waals surface area contributed by atoms with Crippen molar-refractivity contribution in [3.63, 3.8) is 0 Å². The molecule has 1 aromatic rings. The monoisotopic (exact) mass is 275 g/mol. The molecule has 1 aliphatic rings. The van der Waals surface area contributed by atoms with Crippen LogP contribution < -0.4 is 0 Å². The van der Waals surface area contributed by atoms with Crippen LogP contribution in [0, 0.1) is 5.92 Å². The second-order valence-electron chi connectivity index (χ2n) is 4.67. The highest BCUT2D eigenvalue weighted by Gasteiger charge is 2.36. The van der Waals surface area contributed by atoms with Gasteiger partial charge in [0.25, 0.3) is 0 Å². The van der Waals surface area contributed by atoms with E-state index in [-0.39, 0.29) is 12.6 Å². The maximum Gasteiger partial charge on any atom is 0.244 e. The Hall–Kier alpha value is -0.430. The minimum absolute atomic E-state index is 0.0625. The molecule has 1 aliphatic heterocycles.